The molecule has 0 radical (unpaired) electrons. The van der Waals surface area contributed by atoms with Gasteiger partial charge in [0.25, 0.3) is 0 Å². The minimum absolute atomic E-state index is 0.264. The van der Waals surface area contributed by atoms with Crippen molar-refractivity contribution in [2.75, 3.05) is 0 Å². The molecule has 0 aliphatic rings. The molecule has 0 unspecified atom stereocenters. The van der Waals surface area contributed by atoms with Gasteiger partial charge in [-0.15, -0.1) is 0 Å². The average molecular weight is 222 g/mol. The van der Waals surface area contributed by atoms with E-state index in [1.165, 1.54) is 11.1 Å². The molecule has 0 amide bonds. The maximum absolute atomic E-state index is 11.6. The Balaban J connectivity index is 2.39. The highest BCUT2D eigenvalue weighted by Crippen LogP contribution is 2.10. The first-order valence-corrected chi connectivity index (χ1v) is 6.43. The van der Waals surface area contributed by atoms with Gasteiger partial charge in [0.2, 0.25) is 0 Å². The van der Waals surface area contributed by atoms with Gasteiger partial charge in [-0.25, -0.2) is 0 Å². The van der Waals surface area contributed by atoms with Crippen LogP contribution in [-0.2, 0) is 11.2 Å². The van der Waals surface area contributed by atoms with E-state index in [0.29, 0.717) is 6.42 Å². The molecule has 0 fully saturated rings. The highest BCUT2D eigenvalue weighted by molar-refractivity contribution is 7.07. The summed E-state index contributed by atoms with van der Waals surface area (Å²) < 4.78 is 0. The Morgan fingerprint density at radius 1 is 1.40 bits per heavy atom. The van der Waals surface area contributed by atoms with Crippen LogP contribution in [0.15, 0.2) is 28.5 Å². The van der Waals surface area contributed by atoms with Crippen LogP contribution in [0.1, 0.15) is 38.7 Å². The highest BCUT2D eigenvalue weighted by atomic mass is 32.1. The normalized spacial score (nSPS) is 10.0. The lowest BCUT2D eigenvalue weighted by molar-refractivity contribution is -0.114. The van der Waals surface area contributed by atoms with E-state index < -0.39 is 0 Å². The summed E-state index contributed by atoms with van der Waals surface area (Å²) in [4.78, 5) is 11.6. The standard InChI is InChI=1S/C13H18OS/c1-3-11(4-2)9-13(14)6-5-12-7-8-15-10-12/h7-10H,3-6H2,1-2H3. The molecule has 0 atom stereocenters. The van der Waals surface area contributed by atoms with Gasteiger partial charge in [-0.3, -0.25) is 4.79 Å². The van der Waals surface area contributed by atoms with E-state index in [1.54, 1.807) is 11.3 Å². The first-order chi connectivity index (χ1) is 7.26. The number of ketones is 1. The van der Waals surface area contributed by atoms with Crippen molar-refractivity contribution in [2.45, 2.75) is 39.5 Å². The third-order valence-electron chi connectivity index (χ3n) is 2.51. The van der Waals surface area contributed by atoms with Crippen molar-refractivity contribution in [3.8, 4) is 0 Å². The molecule has 1 aromatic rings. The molecule has 0 spiro atoms. The average Bonchev–Trinajstić information content (AvgIpc) is 2.75. The van der Waals surface area contributed by atoms with E-state index in [2.05, 4.69) is 30.7 Å². The predicted octanol–water partition coefficient (Wildman–Crippen LogP) is 4.00. The Morgan fingerprint density at radius 2 is 2.13 bits per heavy atom. The number of rotatable bonds is 6. The van der Waals surface area contributed by atoms with Gasteiger partial charge >= 0.3 is 0 Å². The third-order valence-corrected chi connectivity index (χ3v) is 3.25. The molecule has 1 rings (SSSR count). The minimum Gasteiger partial charge on any atom is -0.295 e. The smallest absolute Gasteiger partial charge is 0.155 e. The maximum Gasteiger partial charge on any atom is 0.155 e. The minimum atomic E-state index is 0.264. The first kappa shape index (κ1) is 12.2. The van der Waals surface area contributed by atoms with E-state index in [-0.39, 0.29) is 5.78 Å². The van der Waals surface area contributed by atoms with E-state index in [1.807, 2.05) is 6.08 Å². The molecule has 0 aromatic carbocycles. The zero-order chi connectivity index (χ0) is 11.1. The number of allylic oxidation sites excluding steroid dienone is 2. The second-order valence-electron chi connectivity index (χ2n) is 3.61. The number of thiophene rings is 1. The molecule has 1 nitrogen and oxygen atoms in total. The zero-order valence-electron chi connectivity index (χ0n) is 9.45. The molecular formula is C13H18OS. The lowest BCUT2D eigenvalue weighted by Gasteiger charge is -1.99. The fourth-order valence-electron chi connectivity index (χ4n) is 1.46. The predicted molar refractivity (Wildman–Crippen MR) is 66.3 cm³/mol. The van der Waals surface area contributed by atoms with Gasteiger partial charge in [0.15, 0.2) is 5.78 Å². The molecule has 0 N–H and O–H groups in total. The zero-order valence-corrected chi connectivity index (χ0v) is 10.3. The number of carbonyl (C=O) groups is 1. The van der Waals surface area contributed by atoms with Crippen LogP contribution in [-0.4, -0.2) is 5.78 Å². The lowest BCUT2D eigenvalue weighted by Crippen LogP contribution is -1.97. The van der Waals surface area contributed by atoms with Crippen molar-refractivity contribution in [2.24, 2.45) is 0 Å². The van der Waals surface area contributed by atoms with E-state index in [0.717, 1.165) is 19.3 Å². The monoisotopic (exact) mass is 222 g/mol. The molecule has 0 saturated heterocycles. The Labute approximate surface area is 95.8 Å². The van der Waals surface area contributed by atoms with Gasteiger partial charge in [0.1, 0.15) is 0 Å². The topological polar surface area (TPSA) is 17.1 Å². The van der Waals surface area contributed by atoms with Crippen LogP contribution in [0, 0.1) is 0 Å². The van der Waals surface area contributed by atoms with E-state index in [9.17, 15) is 4.79 Å². The summed E-state index contributed by atoms with van der Waals surface area (Å²) in [5, 5.41) is 4.16. The second-order valence-corrected chi connectivity index (χ2v) is 4.39. The van der Waals surface area contributed by atoms with Crippen molar-refractivity contribution in [3.63, 3.8) is 0 Å². The molecule has 0 saturated carbocycles. The van der Waals surface area contributed by atoms with Crippen molar-refractivity contribution in [1.82, 2.24) is 0 Å². The SMILES string of the molecule is CCC(=CC(=O)CCc1ccsc1)CC. The van der Waals surface area contributed by atoms with Gasteiger partial charge in [-0.1, -0.05) is 19.4 Å². The Kier molecular flexibility index (Phi) is 5.33. The molecule has 1 aromatic heterocycles. The fraction of sp³-hybridized carbons (Fsp3) is 0.462. The summed E-state index contributed by atoms with van der Waals surface area (Å²) in [7, 11) is 0. The quantitative estimate of drug-likeness (QED) is 0.665. The summed E-state index contributed by atoms with van der Waals surface area (Å²) in [5.74, 6) is 0.264. The van der Waals surface area contributed by atoms with Gasteiger partial charge in [0.05, 0.1) is 0 Å². The molecule has 1 heterocycles. The van der Waals surface area contributed by atoms with Crippen LogP contribution in [0.2, 0.25) is 0 Å². The Morgan fingerprint density at radius 3 is 2.67 bits per heavy atom. The summed E-state index contributed by atoms with van der Waals surface area (Å²) in [6, 6.07) is 2.09. The summed E-state index contributed by atoms with van der Waals surface area (Å²) >= 11 is 1.69. The highest BCUT2D eigenvalue weighted by Gasteiger charge is 2.01. The molecular weight excluding hydrogens is 204 g/mol. The molecule has 15 heavy (non-hydrogen) atoms. The summed E-state index contributed by atoms with van der Waals surface area (Å²) in [6.07, 6.45) is 5.31. The van der Waals surface area contributed by atoms with Crippen LogP contribution in [0.5, 0.6) is 0 Å². The van der Waals surface area contributed by atoms with Crippen molar-refractivity contribution in [3.05, 3.63) is 34.0 Å². The van der Waals surface area contributed by atoms with Crippen LogP contribution in [0.25, 0.3) is 0 Å². The fourth-order valence-corrected chi connectivity index (χ4v) is 2.16. The molecule has 2 heteroatoms. The Hall–Kier alpha value is -0.890. The number of aryl methyl sites for hydroxylation is 1. The lowest BCUT2D eigenvalue weighted by atomic mass is 10.1. The van der Waals surface area contributed by atoms with Crippen molar-refractivity contribution >= 4 is 17.1 Å². The van der Waals surface area contributed by atoms with E-state index >= 15 is 0 Å². The molecule has 0 bridgehead atoms. The van der Waals surface area contributed by atoms with Gasteiger partial charge in [-0.2, -0.15) is 11.3 Å². The molecule has 0 aliphatic carbocycles. The van der Waals surface area contributed by atoms with E-state index in [4.69, 9.17) is 0 Å². The van der Waals surface area contributed by atoms with Crippen LogP contribution >= 0.6 is 11.3 Å². The maximum atomic E-state index is 11.6. The van der Waals surface area contributed by atoms with Gasteiger partial charge in [-0.05, 0) is 47.7 Å². The number of hydrogen-bond acceptors (Lipinski definition) is 2. The molecule has 82 valence electrons. The summed E-state index contributed by atoms with van der Waals surface area (Å²) in [5.41, 5.74) is 2.53. The second kappa shape index (κ2) is 6.57. The van der Waals surface area contributed by atoms with Crippen LogP contribution < -0.4 is 0 Å². The Bertz CT molecular complexity index is 316. The van der Waals surface area contributed by atoms with Gasteiger partial charge in [0, 0.05) is 6.42 Å². The number of hydrogen-bond donors (Lipinski definition) is 0. The summed E-state index contributed by atoms with van der Waals surface area (Å²) in [6.45, 7) is 4.20. The van der Waals surface area contributed by atoms with Crippen LogP contribution in [0.4, 0.5) is 0 Å². The first-order valence-electron chi connectivity index (χ1n) is 5.49. The number of carbonyl (C=O) groups excluding carboxylic acids is 1. The van der Waals surface area contributed by atoms with Crippen molar-refractivity contribution in [1.29, 1.82) is 0 Å². The largest absolute Gasteiger partial charge is 0.295 e. The third kappa shape index (κ3) is 4.43. The molecule has 0 aliphatic heterocycles. The van der Waals surface area contributed by atoms with Crippen molar-refractivity contribution < 1.29 is 4.79 Å². The van der Waals surface area contributed by atoms with Gasteiger partial charge < -0.3 is 0 Å². The van der Waals surface area contributed by atoms with Crippen LogP contribution in [0.3, 0.4) is 0 Å².